The van der Waals surface area contributed by atoms with E-state index in [1.54, 1.807) is 30.5 Å². The Morgan fingerprint density at radius 1 is 1.28 bits per heavy atom. The predicted octanol–water partition coefficient (Wildman–Crippen LogP) is 3.32. The topological polar surface area (TPSA) is 76.6 Å². The molecule has 0 unspecified atom stereocenters. The maximum absolute atomic E-state index is 12.4. The first-order valence-corrected chi connectivity index (χ1v) is 8.77. The van der Waals surface area contributed by atoms with Crippen LogP contribution in [-0.4, -0.2) is 47.2 Å². The number of carbonyl (C=O) groups is 1. The molecule has 2 amide bonds. The standard InChI is InChI=1S/C17H19BrN4O3/c1-24-15-4-2-3-13(9-15)21-17(23)22-7-5-14(6-8-22)25-16-19-10-12(18)11-20-16/h2-4,9-11,14H,5-8H2,1H3,(H,21,23). The maximum Gasteiger partial charge on any atom is 0.321 e. The number of anilines is 1. The van der Waals surface area contributed by atoms with Crippen LogP contribution in [0.25, 0.3) is 0 Å². The number of ether oxygens (including phenoxy) is 2. The van der Waals surface area contributed by atoms with E-state index in [-0.39, 0.29) is 12.1 Å². The van der Waals surface area contributed by atoms with Crippen LogP contribution in [0.3, 0.4) is 0 Å². The summed E-state index contributed by atoms with van der Waals surface area (Å²) in [6.07, 6.45) is 4.80. The fourth-order valence-electron chi connectivity index (χ4n) is 2.59. The van der Waals surface area contributed by atoms with Gasteiger partial charge in [0.25, 0.3) is 0 Å². The van der Waals surface area contributed by atoms with E-state index >= 15 is 0 Å². The number of hydrogen-bond acceptors (Lipinski definition) is 5. The van der Waals surface area contributed by atoms with Crippen LogP contribution in [0.4, 0.5) is 10.5 Å². The maximum atomic E-state index is 12.4. The Balaban J connectivity index is 1.49. The molecule has 8 heteroatoms. The number of piperidine rings is 1. The van der Waals surface area contributed by atoms with Crippen molar-refractivity contribution in [1.82, 2.24) is 14.9 Å². The fourth-order valence-corrected chi connectivity index (χ4v) is 2.80. The molecule has 7 nitrogen and oxygen atoms in total. The summed E-state index contributed by atoms with van der Waals surface area (Å²) in [5, 5.41) is 2.89. The average molecular weight is 407 g/mol. The zero-order chi connectivity index (χ0) is 17.6. The molecule has 0 radical (unpaired) electrons. The third kappa shape index (κ3) is 4.82. The molecule has 25 heavy (non-hydrogen) atoms. The van der Waals surface area contributed by atoms with Crippen molar-refractivity contribution >= 4 is 27.6 Å². The van der Waals surface area contributed by atoms with E-state index in [2.05, 4.69) is 31.2 Å². The minimum absolute atomic E-state index is 0.0158. The molecular formula is C17H19BrN4O3. The largest absolute Gasteiger partial charge is 0.497 e. The Morgan fingerprint density at radius 2 is 2.00 bits per heavy atom. The van der Waals surface area contributed by atoms with Crippen molar-refractivity contribution in [3.63, 3.8) is 0 Å². The minimum Gasteiger partial charge on any atom is -0.497 e. The smallest absolute Gasteiger partial charge is 0.321 e. The van der Waals surface area contributed by atoms with Gasteiger partial charge in [0.1, 0.15) is 11.9 Å². The SMILES string of the molecule is COc1cccc(NC(=O)N2CCC(Oc3ncc(Br)cn3)CC2)c1. The van der Waals surface area contributed by atoms with E-state index < -0.39 is 0 Å². The molecule has 132 valence electrons. The number of methoxy groups -OCH3 is 1. The third-order valence-electron chi connectivity index (χ3n) is 3.92. The molecule has 0 atom stereocenters. The highest BCUT2D eigenvalue weighted by Gasteiger charge is 2.24. The van der Waals surface area contributed by atoms with Gasteiger partial charge in [0.2, 0.25) is 0 Å². The second-order valence-corrected chi connectivity index (χ2v) is 6.57. The number of hydrogen-bond donors (Lipinski definition) is 1. The summed E-state index contributed by atoms with van der Waals surface area (Å²) in [6, 6.07) is 7.55. The van der Waals surface area contributed by atoms with Gasteiger partial charge in [-0.25, -0.2) is 14.8 Å². The highest BCUT2D eigenvalue weighted by atomic mass is 79.9. The van der Waals surface area contributed by atoms with E-state index in [1.807, 2.05) is 18.2 Å². The van der Waals surface area contributed by atoms with E-state index in [1.165, 1.54) is 0 Å². The number of benzene rings is 1. The molecule has 0 saturated carbocycles. The first-order valence-electron chi connectivity index (χ1n) is 7.98. The number of urea groups is 1. The molecule has 1 aliphatic heterocycles. The second kappa shape index (κ2) is 8.15. The first kappa shape index (κ1) is 17.5. The zero-order valence-corrected chi connectivity index (χ0v) is 15.4. The molecule has 1 N–H and O–H groups in total. The molecule has 1 fully saturated rings. The van der Waals surface area contributed by atoms with Gasteiger partial charge < -0.3 is 19.7 Å². The Labute approximate surface area is 154 Å². The van der Waals surface area contributed by atoms with Crippen LogP contribution in [0.2, 0.25) is 0 Å². The van der Waals surface area contributed by atoms with Crippen molar-refractivity contribution < 1.29 is 14.3 Å². The summed E-state index contributed by atoms with van der Waals surface area (Å²) in [5.74, 6) is 0.708. The fraction of sp³-hybridized carbons (Fsp3) is 0.353. The monoisotopic (exact) mass is 406 g/mol. The first-order chi connectivity index (χ1) is 12.1. The van der Waals surface area contributed by atoms with Crippen molar-refractivity contribution in [2.24, 2.45) is 0 Å². The second-order valence-electron chi connectivity index (χ2n) is 5.65. The molecule has 1 aromatic heterocycles. The van der Waals surface area contributed by atoms with Crippen molar-refractivity contribution in [2.45, 2.75) is 18.9 Å². The lowest BCUT2D eigenvalue weighted by Crippen LogP contribution is -2.43. The Morgan fingerprint density at radius 3 is 2.68 bits per heavy atom. The van der Waals surface area contributed by atoms with Crippen LogP contribution in [0.1, 0.15) is 12.8 Å². The van der Waals surface area contributed by atoms with Crippen LogP contribution in [0.5, 0.6) is 11.8 Å². The van der Waals surface area contributed by atoms with Crippen LogP contribution < -0.4 is 14.8 Å². The number of carbonyl (C=O) groups excluding carboxylic acids is 1. The highest BCUT2D eigenvalue weighted by Crippen LogP contribution is 2.20. The van der Waals surface area contributed by atoms with Gasteiger partial charge in [-0.3, -0.25) is 0 Å². The predicted molar refractivity (Wildman–Crippen MR) is 97.0 cm³/mol. The van der Waals surface area contributed by atoms with E-state index in [0.29, 0.717) is 30.5 Å². The third-order valence-corrected chi connectivity index (χ3v) is 4.33. The summed E-state index contributed by atoms with van der Waals surface area (Å²) in [7, 11) is 1.60. The van der Waals surface area contributed by atoms with Gasteiger partial charge in [-0.15, -0.1) is 0 Å². The Kier molecular flexibility index (Phi) is 5.70. The van der Waals surface area contributed by atoms with Gasteiger partial charge in [0.15, 0.2) is 0 Å². The van der Waals surface area contributed by atoms with Gasteiger partial charge in [0.05, 0.1) is 11.6 Å². The number of likely N-dealkylation sites (tertiary alicyclic amines) is 1. The molecular weight excluding hydrogens is 388 g/mol. The summed E-state index contributed by atoms with van der Waals surface area (Å²) in [6.45, 7) is 1.24. The number of nitrogens with one attached hydrogen (secondary N) is 1. The number of rotatable bonds is 4. The van der Waals surface area contributed by atoms with Gasteiger partial charge >= 0.3 is 12.0 Å². The molecule has 2 aromatic rings. The van der Waals surface area contributed by atoms with Crippen molar-refractivity contribution in [3.8, 4) is 11.8 Å². The highest BCUT2D eigenvalue weighted by molar-refractivity contribution is 9.10. The van der Waals surface area contributed by atoms with E-state index in [9.17, 15) is 4.79 Å². The van der Waals surface area contributed by atoms with Crippen molar-refractivity contribution in [3.05, 3.63) is 41.1 Å². The normalized spacial score (nSPS) is 14.9. The van der Waals surface area contributed by atoms with Crippen LogP contribution >= 0.6 is 15.9 Å². The van der Waals surface area contributed by atoms with E-state index in [0.717, 1.165) is 17.3 Å². The van der Waals surface area contributed by atoms with Crippen molar-refractivity contribution in [2.75, 3.05) is 25.5 Å². The number of amides is 2. The lowest BCUT2D eigenvalue weighted by atomic mass is 10.1. The quantitative estimate of drug-likeness (QED) is 0.842. The van der Waals surface area contributed by atoms with Crippen molar-refractivity contribution in [1.29, 1.82) is 0 Å². The van der Waals surface area contributed by atoms with Gasteiger partial charge in [-0.05, 0) is 28.1 Å². The Hall–Kier alpha value is -2.35. The summed E-state index contributed by atoms with van der Waals surface area (Å²) < 4.78 is 11.7. The summed E-state index contributed by atoms with van der Waals surface area (Å²) >= 11 is 3.29. The molecule has 0 aliphatic carbocycles. The average Bonchev–Trinajstić information content (AvgIpc) is 2.64. The van der Waals surface area contributed by atoms with Gasteiger partial charge in [-0.2, -0.15) is 0 Å². The lowest BCUT2D eigenvalue weighted by Gasteiger charge is -2.31. The molecule has 1 saturated heterocycles. The Bertz CT molecular complexity index is 718. The number of nitrogens with zero attached hydrogens (tertiary/aromatic N) is 3. The summed E-state index contributed by atoms with van der Waals surface area (Å²) in [5.41, 5.74) is 0.714. The van der Waals surface area contributed by atoms with Crippen LogP contribution in [-0.2, 0) is 0 Å². The molecule has 1 aliphatic rings. The summed E-state index contributed by atoms with van der Waals surface area (Å²) in [4.78, 5) is 22.4. The molecule has 2 heterocycles. The lowest BCUT2D eigenvalue weighted by molar-refractivity contribution is 0.107. The van der Waals surface area contributed by atoms with E-state index in [4.69, 9.17) is 9.47 Å². The molecule has 3 rings (SSSR count). The van der Waals surface area contributed by atoms with Gasteiger partial charge in [0, 0.05) is 50.1 Å². The van der Waals surface area contributed by atoms with Gasteiger partial charge in [-0.1, -0.05) is 6.07 Å². The minimum atomic E-state index is -0.119. The molecule has 0 bridgehead atoms. The number of aromatic nitrogens is 2. The number of halogens is 1. The van der Waals surface area contributed by atoms with Crippen LogP contribution in [0.15, 0.2) is 41.1 Å². The molecule has 0 spiro atoms. The molecule has 1 aromatic carbocycles. The zero-order valence-electron chi connectivity index (χ0n) is 13.8. The van der Waals surface area contributed by atoms with Crippen LogP contribution in [0, 0.1) is 0 Å².